The lowest BCUT2D eigenvalue weighted by atomic mass is 10.1. The predicted molar refractivity (Wildman–Crippen MR) is 94.1 cm³/mol. The summed E-state index contributed by atoms with van der Waals surface area (Å²) in [5.41, 5.74) is 2.00. The molecule has 1 aromatic heterocycles. The smallest absolute Gasteiger partial charge is 0.319 e. The number of pyridine rings is 1. The van der Waals surface area contributed by atoms with Gasteiger partial charge in [0.25, 0.3) is 0 Å². The van der Waals surface area contributed by atoms with E-state index in [1.165, 1.54) is 0 Å². The number of carbonyl (C=O) groups is 1. The molecule has 2 N–H and O–H groups in total. The summed E-state index contributed by atoms with van der Waals surface area (Å²) in [6.45, 7) is 3.64. The second-order valence-corrected chi connectivity index (χ2v) is 5.56. The standard InChI is InChI=1S/C17H20ClN3O3/c1-10(13-6-5-12(23-3)9-15(13)24-4)20-17(22)21-14-7-8-19-11(2)16(14)18/h5-10H,1-4H3,(H2,19,20,21,22)/t10-/m1/s1. The van der Waals surface area contributed by atoms with Crippen molar-refractivity contribution < 1.29 is 14.3 Å². The zero-order valence-electron chi connectivity index (χ0n) is 14.0. The monoisotopic (exact) mass is 349 g/mol. The van der Waals surface area contributed by atoms with Gasteiger partial charge in [0.2, 0.25) is 0 Å². The largest absolute Gasteiger partial charge is 0.497 e. The third kappa shape index (κ3) is 4.08. The Morgan fingerprint density at radius 3 is 2.67 bits per heavy atom. The summed E-state index contributed by atoms with van der Waals surface area (Å²) >= 11 is 6.13. The summed E-state index contributed by atoms with van der Waals surface area (Å²) in [5, 5.41) is 6.00. The average molecular weight is 350 g/mol. The molecule has 0 saturated carbocycles. The van der Waals surface area contributed by atoms with Gasteiger partial charge in [0.15, 0.2) is 0 Å². The third-order valence-electron chi connectivity index (χ3n) is 3.57. The number of nitrogens with zero attached hydrogens (tertiary/aromatic N) is 1. The molecule has 128 valence electrons. The molecule has 6 nitrogen and oxygen atoms in total. The lowest BCUT2D eigenvalue weighted by Gasteiger charge is -2.18. The highest BCUT2D eigenvalue weighted by molar-refractivity contribution is 6.34. The first kappa shape index (κ1) is 17.9. The highest BCUT2D eigenvalue weighted by Gasteiger charge is 2.16. The quantitative estimate of drug-likeness (QED) is 0.857. The van der Waals surface area contributed by atoms with Gasteiger partial charge in [0.05, 0.1) is 36.7 Å². The molecule has 0 spiro atoms. The molecule has 0 unspecified atom stereocenters. The van der Waals surface area contributed by atoms with Crippen molar-refractivity contribution in [3.05, 3.63) is 46.7 Å². The van der Waals surface area contributed by atoms with Gasteiger partial charge in [-0.2, -0.15) is 0 Å². The van der Waals surface area contributed by atoms with Crippen molar-refractivity contribution in [1.82, 2.24) is 10.3 Å². The molecule has 2 rings (SSSR count). The van der Waals surface area contributed by atoms with Crippen LogP contribution in [0.25, 0.3) is 0 Å². The van der Waals surface area contributed by atoms with Gasteiger partial charge in [-0.3, -0.25) is 4.98 Å². The first-order valence-corrected chi connectivity index (χ1v) is 7.74. The Morgan fingerprint density at radius 2 is 2.00 bits per heavy atom. The number of hydrogen-bond acceptors (Lipinski definition) is 4. The topological polar surface area (TPSA) is 72.5 Å². The van der Waals surface area contributed by atoms with E-state index in [1.54, 1.807) is 39.5 Å². The van der Waals surface area contributed by atoms with Crippen LogP contribution in [0.15, 0.2) is 30.5 Å². The number of ether oxygens (including phenoxy) is 2. The number of carbonyl (C=O) groups excluding carboxylic acids is 1. The molecule has 1 atom stereocenters. The Balaban J connectivity index is 2.10. The maximum absolute atomic E-state index is 12.2. The molecule has 0 aliphatic rings. The van der Waals surface area contributed by atoms with Crippen LogP contribution in [0.5, 0.6) is 11.5 Å². The Morgan fingerprint density at radius 1 is 1.25 bits per heavy atom. The Labute approximate surface area is 146 Å². The number of benzene rings is 1. The normalized spacial score (nSPS) is 11.5. The minimum Gasteiger partial charge on any atom is -0.497 e. The number of aryl methyl sites for hydroxylation is 1. The highest BCUT2D eigenvalue weighted by atomic mass is 35.5. The maximum Gasteiger partial charge on any atom is 0.319 e. The fourth-order valence-corrected chi connectivity index (χ4v) is 2.41. The molecule has 0 fully saturated rings. The lowest BCUT2D eigenvalue weighted by Crippen LogP contribution is -2.31. The van der Waals surface area contributed by atoms with Crippen LogP contribution in [0, 0.1) is 6.92 Å². The van der Waals surface area contributed by atoms with Crippen LogP contribution in [-0.2, 0) is 0 Å². The van der Waals surface area contributed by atoms with Gasteiger partial charge in [0.1, 0.15) is 11.5 Å². The number of rotatable bonds is 5. The van der Waals surface area contributed by atoms with Crippen LogP contribution in [0.3, 0.4) is 0 Å². The first-order chi connectivity index (χ1) is 11.5. The van der Waals surface area contributed by atoms with E-state index in [2.05, 4.69) is 15.6 Å². The van der Waals surface area contributed by atoms with E-state index < -0.39 is 0 Å². The van der Waals surface area contributed by atoms with Crippen molar-refractivity contribution in [2.45, 2.75) is 19.9 Å². The van der Waals surface area contributed by atoms with Crippen LogP contribution in [0.1, 0.15) is 24.2 Å². The molecule has 1 aromatic carbocycles. The van der Waals surface area contributed by atoms with Crippen molar-refractivity contribution >= 4 is 23.3 Å². The summed E-state index contributed by atoms with van der Waals surface area (Å²) in [6.07, 6.45) is 1.59. The summed E-state index contributed by atoms with van der Waals surface area (Å²) in [4.78, 5) is 16.3. The number of aromatic nitrogens is 1. The van der Waals surface area contributed by atoms with Gasteiger partial charge in [-0.05, 0) is 32.0 Å². The highest BCUT2D eigenvalue weighted by Crippen LogP contribution is 2.29. The van der Waals surface area contributed by atoms with E-state index in [-0.39, 0.29) is 12.1 Å². The first-order valence-electron chi connectivity index (χ1n) is 7.36. The van der Waals surface area contributed by atoms with Gasteiger partial charge >= 0.3 is 6.03 Å². The van der Waals surface area contributed by atoms with Gasteiger partial charge in [-0.25, -0.2) is 4.79 Å². The fraction of sp³-hybridized carbons (Fsp3) is 0.294. The van der Waals surface area contributed by atoms with E-state index >= 15 is 0 Å². The second-order valence-electron chi connectivity index (χ2n) is 5.19. The average Bonchev–Trinajstić information content (AvgIpc) is 2.58. The number of halogens is 1. The molecule has 0 bridgehead atoms. The molecule has 2 amide bonds. The second kappa shape index (κ2) is 7.88. The van der Waals surface area contributed by atoms with Crippen molar-refractivity contribution in [3.8, 4) is 11.5 Å². The van der Waals surface area contributed by atoms with E-state index in [1.807, 2.05) is 19.1 Å². The number of anilines is 1. The predicted octanol–water partition coefficient (Wildman–Crippen LogP) is 3.94. The zero-order chi connectivity index (χ0) is 17.7. The molecule has 24 heavy (non-hydrogen) atoms. The van der Waals surface area contributed by atoms with E-state index in [0.29, 0.717) is 27.9 Å². The van der Waals surface area contributed by atoms with Gasteiger partial charge in [-0.1, -0.05) is 11.6 Å². The summed E-state index contributed by atoms with van der Waals surface area (Å²) in [5.74, 6) is 1.33. The minimum atomic E-state index is -0.368. The van der Waals surface area contributed by atoms with E-state index in [9.17, 15) is 4.79 Å². The van der Waals surface area contributed by atoms with E-state index in [0.717, 1.165) is 5.56 Å². The third-order valence-corrected chi connectivity index (χ3v) is 4.04. The molecule has 1 heterocycles. The van der Waals surface area contributed by atoms with Crippen molar-refractivity contribution in [2.75, 3.05) is 19.5 Å². The van der Waals surface area contributed by atoms with Crippen LogP contribution in [-0.4, -0.2) is 25.2 Å². The molecular weight excluding hydrogens is 330 g/mol. The number of nitrogens with one attached hydrogen (secondary N) is 2. The SMILES string of the molecule is COc1ccc([C@@H](C)NC(=O)Nc2ccnc(C)c2Cl)c(OC)c1. The molecule has 7 heteroatoms. The van der Waals surface area contributed by atoms with Gasteiger partial charge in [-0.15, -0.1) is 0 Å². The number of amides is 2. The van der Waals surface area contributed by atoms with Crippen LogP contribution >= 0.6 is 11.6 Å². The Hall–Kier alpha value is -2.47. The summed E-state index contributed by atoms with van der Waals surface area (Å²) in [7, 11) is 3.16. The van der Waals surface area contributed by atoms with Gasteiger partial charge in [0, 0.05) is 17.8 Å². The van der Waals surface area contributed by atoms with E-state index in [4.69, 9.17) is 21.1 Å². The molecule has 0 aliphatic carbocycles. The molecular formula is C17H20ClN3O3. The van der Waals surface area contributed by atoms with Crippen molar-refractivity contribution in [3.63, 3.8) is 0 Å². The Kier molecular flexibility index (Phi) is 5.87. The number of urea groups is 1. The van der Waals surface area contributed by atoms with Crippen LogP contribution < -0.4 is 20.1 Å². The van der Waals surface area contributed by atoms with Gasteiger partial charge < -0.3 is 20.1 Å². The fourth-order valence-electron chi connectivity index (χ4n) is 2.25. The summed E-state index contributed by atoms with van der Waals surface area (Å²) in [6, 6.07) is 6.45. The van der Waals surface area contributed by atoms with Crippen molar-refractivity contribution in [1.29, 1.82) is 0 Å². The molecule has 0 radical (unpaired) electrons. The number of methoxy groups -OCH3 is 2. The van der Waals surface area contributed by atoms with Crippen LogP contribution in [0.2, 0.25) is 5.02 Å². The molecule has 0 saturated heterocycles. The minimum absolute atomic E-state index is 0.271. The molecule has 0 aliphatic heterocycles. The Bertz CT molecular complexity index is 737. The zero-order valence-corrected chi connectivity index (χ0v) is 14.8. The summed E-state index contributed by atoms with van der Waals surface area (Å²) < 4.78 is 10.5. The van der Waals surface area contributed by atoms with Crippen molar-refractivity contribution in [2.24, 2.45) is 0 Å². The van der Waals surface area contributed by atoms with Crippen LogP contribution in [0.4, 0.5) is 10.5 Å². The number of hydrogen-bond donors (Lipinski definition) is 2. The maximum atomic E-state index is 12.2. The lowest BCUT2D eigenvalue weighted by molar-refractivity contribution is 0.249. The molecule has 2 aromatic rings.